The van der Waals surface area contributed by atoms with Crippen molar-refractivity contribution in [2.24, 2.45) is 0 Å². The predicted octanol–water partition coefficient (Wildman–Crippen LogP) is 2.79. The zero-order valence-electron chi connectivity index (χ0n) is 11.3. The minimum atomic E-state index is -0.392. The molecule has 0 radical (unpaired) electrons. The minimum absolute atomic E-state index is 0.0119. The molecule has 0 saturated carbocycles. The van der Waals surface area contributed by atoms with Crippen LogP contribution in [-0.4, -0.2) is 26.0 Å². The van der Waals surface area contributed by atoms with Crippen molar-refractivity contribution >= 4 is 11.0 Å². The molecular weight excluding hydrogens is 250 g/mol. The van der Waals surface area contributed by atoms with Gasteiger partial charge in [0, 0.05) is 6.20 Å². The smallest absolute Gasteiger partial charge is 0.108 e. The lowest BCUT2D eigenvalue weighted by atomic mass is 10.0. The maximum absolute atomic E-state index is 9.80. The van der Waals surface area contributed by atoms with Crippen LogP contribution in [0.5, 0.6) is 0 Å². The van der Waals surface area contributed by atoms with Crippen LogP contribution in [-0.2, 0) is 0 Å². The molecule has 1 N–H and O–H groups in total. The van der Waals surface area contributed by atoms with E-state index in [-0.39, 0.29) is 6.04 Å². The van der Waals surface area contributed by atoms with Crippen molar-refractivity contribution in [3.63, 3.8) is 0 Å². The van der Waals surface area contributed by atoms with Gasteiger partial charge in [0.1, 0.15) is 5.52 Å². The Labute approximate surface area is 117 Å². The number of aliphatic hydroxyl groups is 1. The molecule has 1 aromatic carbocycles. The molecule has 0 saturated heterocycles. The highest BCUT2D eigenvalue weighted by Crippen LogP contribution is 2.26. The van der Waals surface area contributed by atoms with Gasteiger partial charge in [0.2, 0.25) is 0 Å². The average molecular weight is 267 g/mol. The first-order valence-electron chi connectivity index (χ1n) is 6.77. The van der Waals surface area contributed by atoms with E-state index in [9.17, 15) is 5.11 Å². The predicted molar refractivity (Wildman–Crippen MR) is 78.4 cm³/mol. The molecule has 0 amide bonds. The molecule has 102 valence electrons. The van der Waals surface area contributed by atoms with Crippen molar-refractivity contribution < 1.29 is 5.11 Å². The summed E-state index contributed by atoms with van der Waals surface area (Å²) < 4.78 is 1.95. The molecule has 20 heavy (non-hydrogen) atoms. The molecule has 4 nitrogen and oxygen atoms in total. The van der Waals surface area contributed by atoms with Crippen LogP contribution in [0.4, 0.5) is 0 Å². The van der Waals surface area contributed by atoms with Crippen LogP contribution < -0.4 is 0 Å². The van der Waals surface area contributed by atoms with Crippen LogP contribution in [0.25, 0.3) is 11.0 Å². The summed E-state index contributed by atoms with van der Waals surface area (Å²) in [6, 6.07) is 14.1. The normalized spacial score (nSPS) is 14.3. The fourth-order valence-corrected chi connectivity index (χ4v) is 2.51. The van der Waals surface area contributed by atoms with E-state index < -0.39 is 6.10 Å². The molecule has 3 aromatic rings. The molecule has 0 aliphatic rings. The third-order valence-corrected chi connectivity index (χ3v) is 3.41. The average Bonchev–Trinajstić information content (AvgIpc) is 2.89. The molecule has 0 aliphatic carbocycles. The molecular formula is C16H17N3O. The van der Waals surface area contributed by atoms with Crippen molar-refractivity contribution in [2.75, 3.05) is 0 Å². The lowest BCUT2D eigenvalue weighted by Crippen LogP contribution is -2.17. The van der Waals surface area contributed by atoms with E-state index in [2.05, 4.69) is 22.2 Å². The lowest BCUT2D eigenvalue weighted by molar-refractivity contribution is 0.167. The fourth-order valence-electron chi connectivity index (χ4n) is 2.51. The summed E-state index contributed by atoms with van der Waals surface area (Å²) in [7, 11) is 0. The Morgan fingerprint density at radius 3 is 2.70 bits per heavy atom. The van der Waals surface area contributed by atoms with Crippen molar-refractivity contribution in [1.82, 2.24) is 14.8 Å². The van der Waals surface area contributed by atoms with E-state index in [1.165, 1.54) is 0 Å². The second-order valence-corrected chi connectivity index (χ2v) is 5.01. The quantitative estimate of drug-likeness (QED) is 0.790. The minimum Gasteiger partial charge on any atom is -0.393 e. The van der Waals surface area contributed by atoms with Crippen LogP contribution >= 0.6 is 0 Å². The number of nitrogens with zero attached hydrogens (tertiary/aromatic N) is 3. The number of rotatable bonds is 4. The molecule has 0 aliphatic heterocycles. The molecule has 2 heterocycles. The first kappa shape index (κ1) is 12.8. The van der Waals surface area contributed by atoms with Gasteiger partial charge in [0.05, 0.1) is 23.9 Å². The van der Waals surface area contributed by atoms with Crippen molar-refractivity contribution in [3.05, 3.63) is 60.4 Å². The van der Waals surface area contributed by atoms with Gasteiger partial charge in [-0.15, -0.1) is 0 Å². The third kappa shape index (κ3) is 2.42. The zero-order valence-corrected chi connectivity index (χ0v) is 11.3. The monoisotopic (exact) mass is 267 g/mol. The van der Waals surface area contributed by atoms with Crippen molar-refractivity contribution in [3.8, 4) is 0 Å². The number of aromatic nitrogens is 3. The second-order valence-electron chi connectivity index (χ2n) is 5.01. The van der Waals surface area contributed by atoms with E-state index >= 15 is 0 Å². The van der Waals surface area contributed by atoms with Gasteiger partial charge in [0.15, 0.2) is 0 Å². The van der Waals surface area contributed by atoms with Gasteiger partial charge in [-0.05, 0) is 31.0 Å². The lowest BCUT2D eigenvalue weighted by Gasteiger charge is -2.20. The summed E-state index contributed by atoms with van der Waals surface area (Å²) in [4.78, 5) is 4.31. The fraction of sp³-hybridized carbons (Fsp3) is 0.250. The first-order chi connectivity index (χ1) is 9.75. The number of hydrogen-bond donors (Lipinski definition) is 1. The second kappa shape index (κ2) is 5.43. The van der Waals surface area contributed by atoms with E-state index in [4.69, 9.17) is 0 Å². The van der Waals surface area contributed by atoms with Gasteiger partial charge in [0.25, 0.3) is 0 Å². The Bertz CT molecular complexity index is 691. The van der Waals surface area contributed by atoms with E-state index in [0.717, 1.165) is 16.6 Å². The summed E-state index contributed by atoms with van der Waals surface area (Å²) >= 11 is 0. The van der Waals surface area contributed by atoms with E-state index in [0.29, 0.717) is 6.42 Å². The van der Waals surface area contributed by atoms with Crippen LogP contribution in [0.1, 0.15) is 24.9 Å². The molecule has 0 spiro atoms. The number of aliphatic hydroxyl groups excluding tert-OH is 1. The van der Waals surface area contributed by atoms with Crippen LogP contribution in [0, 0.1) is 0 Å². The number of hydrogen-bond acceptors (Lipinski definition) is 3. The molecule has 4 heteroatoms. The maximum atomic E-state index is 9.80. The van der Waals surface area contributed by atoms with Gasteiger partial charge < -0.3 is 5.11 Å². The third-order valence-electron chi connectivity index (χ3n) is 3.41. The van der Waals surface area contributed by atoms with Crippen molar-refractivity contribution in [2.45, 2.75) is 25.5 Å². The van der Waals surface area contributed by atoms with Gasteiger partial charge >= 0.3 is 0 Å². The zero-order chi connectivity index (χ0) is 13.9. The highest BCUT2D eigenvalue weighted by molar-refractivity contribution is 5.73. The van der Waals surface area contributed by atoms with Gasteiger partial charge in [-0.2, -0.15) is 5.10 Å². The summed E-state index contributed by atoms with van der Waals surface area (Å²) in [6.45, 7) is 1.81. The topological polar surface area (TPSA) is 50.9 Å². The number of fused-ring (bicyclic) bond motifs is 1. The molecule has 3 rings (SSSR count). The highest BCUT2D eigenvalue weighted by atomic mass is 16.3. The summed E-state index contributed by atoms with van der Waals surface area (Å²) in [5.41, 5.74) is 3.00. The summed E-state index contributed by atoms with van der Waals surface area (Å²) in [6.07, 6.45) is 3.76. The Kier molecular flexibility index (Phi) is 3.48. The molecule has 2 aromatic heterocycles. The van der Waals surface area contributed by atoms with E-state index in [1.807, 2.05) is 35.0 Å². The summed E-state index contributed by atoms with van der Waals surface area (Å²) in [5, 5.41) is 14.3. The van der Waals surface area contributed by atoms with Gasteiger partial charge in [-0.25, -0.2) is 0 Å². The molecule has 2 unspecified atom stereocenters. The Morgan fingerprint density at radius 2 is 1.95 bits per heavy atom. The maximum Gasteiger partial charge on any atom is 0.108 e. The highest BCUT2D eigenvalue weighted by Gasteiger charge is 2.19. The Morgan fingerprint density at radius 1 is 1.15 bits per heavy atom. The van der Waals surface area contributed by atoms with Crippen molar-refractivity contribution in [1.29, 1.82) is 0 Å². The number of pyridine rings is 1. The molecule has 2 atom stereocenters. The standard InChI is InChI=1S/C16H17N3O/c1-12(20)10-16(13-6-3-2-4-7-13)19-15-8-5-9-17-14(15)11-18-19/h2-9,11-12,16,20H,10H2,1H3. The Hall–Kier alpha value is -2.20. The Balaban J connectivity index is 2.09. The van der Waals surface area contributed by atoms with Crippen LogP contribution in [0.15, 0.2) is 54.9 Å². The first-order valence-corrected chi connectivity index (χ1v) is 6.77. The van der Waals surface area contributed by atoms with Crippen LogP contribution in [0.3, 0.4) is 0 Å². The largest absolute Gasteiger partial charge is 0.393 e. The SMILES string of the molecule is CC(O)CC(c1ccccc1)n1ncc2ncccc21. The van der Waals surface area contributed by atoms with Gasteiger partial charge in [-0.1, -0.05) is 30.3 Å². The van der Waals surface area contributed by atoms with E-state index in [1.54, 1.807) is 19.3 Å². The molecule has 0 fully saturated rings. The number of benzene rings is 1. The summed E-state index contributed by atoms with van der Waals surface area (Å²) in [5.74, 6) is 0. The molecule has 0 bridgehead atoms. The van der Waals surface area contributed by atoms with Gasteiger partial charge in [-0.3, -0.25) is 9.67 Å². The van der Waals surface area contributed by atoms with Crippen LogP contribution in [0.2, 0.25) is 0 Å².